The third-order valence-corrected chi connectivity index (χ3v) is 3.89. The van der Waals surface area contributed by atoms with Crippen LogP contribution in [0.2, 0.25) is 0 Å². The van der Waals surface area contributed by atoms with Gasteiger partial charge in [0.2, 0.25) is 5.91 Å². The van der Waals surface area contributed by atoms with E-state index in [0.717, 1.165) is 6.92 Å². The smallest absolute Gasteiger partial charge is 0.337 e. The first kappa shape index (κ1) is 17.1. The molecular formula is C16H21NO6. The molecule has 1 atom stereocenters. The van der Waals surface area contributed by atoms with Crippen LogP contribution in [0.1, 0.15) is 26.3 Å². The Kier molecular flexibility index (Phi) is 4.51. The summed E-state index contributed by atoms with van der Waals surface area (Å²) in [4.78, 5) is 23.3. The molecule has 1 heterocycles. The molecule has 7 nitrogen and oxygen atoms in total. The quantitative estimate of drug-likeness (QED) is 0.736. The van der Waals surface area contributed by atoms with Gasteiger partial charge in [-0.1, -0.05) is 6.07 Å². The van der Waals surface area contributed by atoms with E-state index < -0.39 is 22.9 Å². The maximum Gasteiger partial charge on any atom is 0.337 e. The molecule has 0 saturated heterocycles. The summed E-state index contributed by atoms with van der Waals surface area (Å²) in [6.45, 7) is 5.11. The number of benzene rings is 1. The van der Waals surface area contributed by atoms with Crippen LogP contribution < -0.4 is 14.8 Å². The highest BCUT2D eigenvalue weighted by Crippen LogP contribution is 2.35. The fourth-order valence-corrected chi connectivity index (χ4v) is 2.11. The number of hydrogen-bond acceptors (Lipinski definition) is 5. The Balaban J connectivity index is 2.14. The average Bonchev–Trinajstić information content (AvgIpc) is 2.51. The van der Waals surface area contributed by atoms with Crippen LogP contribution in [0.4, 0.5) is 0 Å². The largest absolute Gasteiger partial charge is 0.486 e. The molecule has 0 aliphatic carbocycles. The number of fused-ring (bicyclic) bond motifs is 1. The van der Waals surface area contributed by atoms with Crippen LogP contribution in [0.3, 0.4) is 0 Å². The van der Waals surface area contributed by atoms with Gasteiger partial charge in [-0.2, -0.15) is 0 Å². The number of carboxylic acids is 1. The van der Waals surface area contributed by atoms with Crippen LogP contribution >= 0.6 is 0 Å². The zero-order valence-electron chi connectivity index (χ0n) is 13.4. The summed E-state index contributed by atoms with van der Waals surface area (Å²) in [6.07, 6.45) is 0. The maximum absolute atomic E-state index is 12.4. The monoisotopic (exact) mass is 323 g/mol. The predicted molar refractivity (Wildman–Crippen MR) is 81.7 cm³/mol. The molecule has 0 radical (unpaired) electrons. The summed E-state index contributed by atoms with van der Waals surface area (Å²) >= 11 is 0. The van der Waals surface area contributed by atoms with Gasteiger partial charge < -0.3 is 25.0 Å². The molecule has 0 fully saturated rings. The van der Waals surface area contributed by atoms with Gasteiger partial charge in [-0.3, -0.25) is 4.79 Å². The zero-order chi connectivity index (χ0) is 17.3. The molecule has 0 spiro atoms. The van der Waals surface area contributed by atoms with Gasteiger partial charge in [-0.05, 0) is 38.5 Å². The van der Waals surface area contributed by atoms with E-state index in [2.05, 4.69) is 5.32 Å². The first-order chi connectivity index (χ1) is 10.6. The summed E-state index contributed by atoms with van der Waals surface area (Å²) in [6, 6.07) is 5.25. The summed E-state index contributed by atoms with van der Waals surface area (Å²) in [5.74, 6) is -0.581. The number of carbonyl (C=O) groups is 2. The van der Waals surface area contributed by atoms with Crippen molar-refractivity contribution in [2.75, 3.05) is 19.8 Å². The van der Waals surface area contributed by atoms with Crippen LogP contribution in [0.25, 0.3) is 0 Å². The molecule has 0 saturated carbocycles. The summed E-state index contributed by atoms with van der Waals surface area (Å²) < 4.78 is 11.0. The van der Waals surface area contributed by atoms with Crippen LogP contribution in [0, 0.1) is 0 Å². The molecule has 23 heavy (non-hydrogen) atoms. The van der Waals surface area contributed by atoms with Crippen molar-refractivity contribution in [1.29, 1.82) is 0 Å². The van der Waals surface area contributed by atoms with E-state index in [-0.39, 0.29) is 6.54 Å². The Morgan fingerprint density at radius 1 is 1.17 bits per heavy atom. The third-order valence-electron chi connectivity index (χ3n) is 3.89. The molecule has 3 N–H and O–H groups in total. The van der Waals surface area contributed by atoms with E-state index >= 15 is 0 Å². The second-order valence-corrected chi connectivity index (χ2v) is 6.25. The lowest BCUT2D eigenvalue weighted by Crippen LogP contribution is -2.50. The highest BCUT2D eigenvalue weighted by molar-refractivity contribution is 5.88. The minimum atomic E-state index is -2.02. The summed E-state index contributed by atoms with van der Waals surface area (Å²) in [7, 11) is 0. The highest BCUT2D eigenvalue weighted by Gasteiger charge is 2.35. The van der Waals surface area contributed by atoms with Crippen LogP contribution in [-0.2, 0) is 15.0 Å². The Morgan fingerprint density at radius 3 is 2.39 bits per heavy atom. The number of aliphatic carboxylic acids is 1. The van der Waals surface area contributed by atoms with Crippen molar-refractivity contribution in [1.82, 2.24) is 5.32 Å². The van der Waals surface area contributed by atoms with Gasteiger partial charge in [0.25, 0.3) is 0 Å². The second kappa shape index (κ2) is 6.08. The average molecular weight is 323 g/mol. The minimum Gasteiger partial charge on any atom is -0.486 e. The van der Waals surface area contributed by atoms with Crippen molar-refractivity contribution in [2.45, 2.75) is 31.8 Å². The molecule has 1 aliphatic rings. The number of hydrogen-bond donors (Lipinski definition) is 3. The number of carbonyl (C=O) groups excluding carboxylic acids is 1. The normalized spacial score (nSPS) is 16.3. The Morgan fingerprint density at radius 2 is 1.78 bits per heavy atom. The lowest BCUT2D eigenvalue weighted by molar-refractivity contribution is -0.156. The molecule has 1 unspecified atom stereocenters. The van der Waals surface area contributed by atoms with Gasteiger partial charge in [-0.25, -0.2) is 4.79 Å². The first-order valence-corrected chi connectivity index (χ1v) is 7.29. The van der Waals surface area contributed by atoms with Gasteiger partial charge >= 0.3 is 5.97 Å². The molecule has 1 amide bonds. The van der Waals surface area contributed by atoms with Crippen LogP contribution in [0.15, 0.2) is 18.2 Å². The van der Waals surface area contributed by atoms with Gasteiger partial charge in [0.15, 0.2) is 17.1 Å². The first-order valence-electron chi connectivity index (χ1n) is 7.29. The standard InChI is InChI=1S/C16H21NO6/c1-15(2,13(18)17-9-16(3,21)14(19)20)10-4-5-11-12(8-10)23-7-6-22-11/h4-5,8,21H,6-7,9H2,1-3H3,(H,17,18)(H,19,20). The summed E-state index contributed by atoms with van der Waals surface area (Å²) in [5, 5.41) is 21.0. The van der Waals surface area contributed by atoms with Crippen LogP contribution in [0.5, 0.6) is 11.5 Å². The molecule has 0 bridgehead atoms. The number of nitrogens with one attached hydrogen (secondary N) is 1. The molecule has 7 heteroatoms. The van der Waals surface area contributed by atoms with Gasteiger partial charge in [0, 0.05) is 0 Å². The van der Waals surface area contributed by atoms with Gasteiger partial charge in [-0.15, -0.1) is 0 Å². The fourth-order valence-electron chi connectivity index (χ4n) is 2.11. The Hall–Kier alpha value is -2.28. The van der Waals surface area contributed by atoms with E-state index in [0.29, 0.717) is 30.3 Å². The lowest BCUT2D eigenvalue weighted by atomic mass is 9.83. The van der Waals surface area contributed by atoms with Gasteiger partial charge in [0.05, 0.1) is 12.0 Å². The van der Waals surface area contributed by atoms with Crippen molar-refractivity contribution in [3.63, 3.8) is 0 Å². The fraction of sp³-hybridized carbons (Fsp3) is 0.500. The van der Waals surface area contributed by atoms with Crippen molar-refractivity contribution in [3.05, 3.63) is 23.8 Å². The number of rotatable bonds is 5. The van der Waals surface area contributed by atoms with Crippen molar-refractivity contribution >= 4 is 11.9 Å². The van der Waals surface area contributed by atoms with Crippen molar-refractivity contribution in [2.24, 2.45) is 0 Å². The van der Waals surface area contributed by atoms with E-state index in [1.54, 1.807) is 32.0 Å². The SMILES string of the molecule is CC(O)(CNC(=O)C(C)(C)c1ccc2c(c1)OCCO2)C(=O)O. The number of amides is 1. The van der Waals surface area contributed by atoms with Gasteiger partial charge in [0.1, 0.15) is 13.2 Å². The number of carboxylic acid groups (broad SMARTS) is 1. The predicted octanol–water partition coefficient (Wildman–Crippen LogP) is 0.687. The van der Waals surface area contributed by atoms with Crippen LogP contribution in [-0.4, -0.2) is 47.4 Å². The second-order valence-electron chi connectivity index (χ2n) is 6.25. The summed E-state index contributed by atoms with van der Waals surface area (Å²) in [5.41, 5.74) is -2.24. The van der Waals surface area contributed by atoms with E-state index in [9.17, 15) is 14.7 Å². The van der Waals surface area contributed by atoms with E-state index in [4.69, 9.17) is 14.6 Å². The number of ether oxygens (including phenoxy) is 2. The van der Waals surface area contributed by atoms with E-state index in [1.807, 2.05) is 0 Å². The molecule has 126 valence electrons. The molecule has 0 aromatic heterocycles. The molecule has 1 aromatic rings. The topological polar surface area (TPSA) is 105 Å². The molecule has 1 aromatic carbocycles. The Bertz CT molecular complexity index is 623. The van der Waals surface area contributed by atoms with Crippen molar-refractivity contribution in [3.8, 4) is 11.5 Å². The molecular weight excluding hydrogens is 302 g/mol. The minimum absolute atomic E-state index is 0.380. The third kappa shape index (κ3) is 3.56. The van der Waals surface area contributed by atoms with Crippen molar-refractivity contribution < 1.29 is 29.3 Å². The Labute approximate surface area is 134 Å². The maximum atomic E-state index is 12.4. The zero-order valence-corrected chi connectivity index (χ0v) is 13.4. The van der Waals surface area contributed by atoms with E-state index in [1.165, 1.54) is 0 Å². The molecule has 2 rings (SSSR count). The highest BCUT2D eigenvalue weighted by atomic mass is 16.6. The lowest BCUT2D eigenvalue weighted by Gasteiger charge is -2.28. The number of aliphatic hydroxyl groups is 1. The molecule has 1 aliphatic heterocycles.